The molecular formula is C30H28N2O3. The standard InChI is InChI=1S/C30H28N2O3/c33-28-20-21-32(29(34)31-28)27-18-16-23(17-19-27)22-35-30(24-10-4-1-5-11-24,25-12-6-2-7-13-25)26-14-8-3-9-15-26/h1-16,20-21,27H,17-19,22H2,(H,31,33,34). The molecule has 5 rings (SSSR count). The van der Waals surface area contributed by atoms with Crippen molar-refractivity contribution in [3.63, 3.8) is 0 Å². The minimum atomic E-state index is -0.753. The number of aromatic nitrogens is 2. The molecule has 1 heterocycles. The molecule has 176 valence electrons. The van der Waals surface area contributed by atoms with Crippen LogP contribution in [0.15, 0.2) is 124 Å². The summed E-state index contributed by atoms with van der Waals surface area (Å²) < 4.78 is 8.55. The Bertz CT molecular complexity index is 1310. The van der Waals surface area contributed by atoms with Gasteiger partial charge in [-0.25, -0.2) is 4.79 Å². The Labute approximate surface area is 204 Å². The van der Waals surface area contributed by atoms with Crippen LogP contribution in [0.25, 0.3) is 0 Å². The van der Waals surface area contributed by atoms with Crippen LogP contribution >= 0.6 is 0 Å². The van der Waals surface area contributed by atoms with Gasteiger partial charge >= 0.3 is 5.69 Å². The van der Waals surface area contributed by atoms with E-state index in [1.807, 2.05) is 54.6 Å². The van der Waals surface area contributed by atoms with Gasteiger partial charge in [0.05, 0.1) is 6.61 Å². The van der Waals surface area contributed by atoms with Crippen molar-refractivity contribution < 1.29 is 4.74 Å². The van der Waals surface area contributed by atoms with Gasteiger partial charge in [0.1, 0.15) is 5.60 Å². The minimum Gasteiger partial charge on any atom is -0.357 e. The zero-order valence-corrected chi connectivity index (χ0v) is 19.5. The second-order valence-electron chi connectivity index (χ2n) is 8.88. The second-order valence-corrected chi connectivity index (χ2v) is 8.88. The predicted molar refractivity (Wildman–Crippen MR) is 137 cm³/mol. The molecule has 0 saturated heterocycles. The summed E-state index contributed by atoms with van der Waals surface area (Å²) in [4.78, 5) is 26.0. The summed E-state index contributed by atoms with van der Waals surface area (Å²) in [6, 6.07) is 32.5. The maximum absolute atomic E-state index is 12.2. The van der Waals surface area contributed by atoms with E-state index in [9.17, 15) is 9.59 Å². The van der Waals surface area contributed by atoms with Crippen molar-refractivity contribution in [2.45, 2.75) is 30.9 Å². The Morgan fingerprint density at radius 3 is 1.80 bits per heavy atom. The van der Waals surface area contributed by atoms with E-state index in [-0.39, 0.29) is 17.3 Å². The van der Waals surface area contributed by atoms with E-state index in [1.165, 1.54) is 11.6 Å². The number of H-pyrrole nitrogens is 1. The van der Waals surface area contributed by atoms with Gasteiger partial charge in [0.15, 0.2) is 0 Å². The summed E-state index contributed by atoms with van der Waals surface area (Å²) in [5.74, 6) is 0. The molecule has 0 aliphatic heterocycles. The van der Waals surface area contributed by atoms with Gasteiger partial charge in [-0.2, -0.15) is 0 Å². The predicted octanol–water partition coefficient (Wildman–Crippen LogP) is 5.20. The number of allylic oxidation sites excluding steroid dienone is 1. The first kappa shape index (κ1) is 22.8. The maximum Gasteiger partial charge on any atom is 0.328 e. The largest absolute Gasteiger partial charge is 0.357 e. The molecule has 0 amide bonds. The Morgan fingerprint density at radius 2 is 1.34 bits per heavy atom. The Morgan fingerprint density at radius 1 is 0.800 bits per heavy atom. The van der Waals surface area contributed by atoms with Crippen molar-refractivity contribution in [2.24, 2.45) is 0 Å². The molecule has 0 spiro atoms. The van der Waals surface area contributed by atoms with Crippen LogP contribution in [0.3, 0.4) is 0 Å². The SMILES string of the molecule is O=c1ccn(C2CC=C(COC(c3ccccc3)(c3ccccc3)c3ccccc3)CC2)c(=O)[nH]1. The van der Waals surface area contributed by atoms with Crippen LogP contribution in [0.5, 0.6) is 0 Å². The van der Waals surface area contributed by atoms with Crippen LogP contribution < -0.4 is 11.2 Å². The molecule has 1 unspecified atom stereocenters. The van der Waals surface area contributed by atoms with Crippen LogP contribution in [-0.4, -0.2) is 16.2 Å². The molecule has 0 radical (unpaired) electrons. The van der Waals surface area contributed by atoms with E-state index in [4.69, 9.17) is 4.74 Å². The lowest BCUT2D eigenvalue weighted by atomic mass is 9.80. The average Bonchev–Trinajstić information content (AvgIpc) is 2.91. The minimum absolute atomic E-state index is 0.0326. The summed E-state index contributed by atoms with van der Waals surface area (Å²) in [5.41, 5.74) is 2.96. The van der Waals surface area contributed by atoms with Crippen LogP contribution in [0.1, 0.15) is 42.0 Å². The summed E-state index contributed by atoms with van der Waals surface area (Å²) >= 11 is 0. The smallest absolute Gasteiger partial charge is 0.328 e. The van der Waals surface area contributed by atoms with Crippen LogP contribution in [-0.2, 0) is 10.3 Å². The van der Waals surface area contributed by atoms with Gasteiger partial charge in [0, 0.05) is 18.3 Å². The van der Waals surface area contributed by atoms with E-state index in [1.54, 1.807) is 10.8 Å². The number of hydrogen-bond acceptors (Lipinski definition) is 3. The van der Waals surface area contributed by atoms with Gasteiger partial charge in [0.2, 0.25) is 0 Å². The molecule has 0 fully saturated rings. The van der Waals surface area contributed by atoms with Gasteiger partial charge in [-0.3, -0.25) is 14.3 Å². The van der Waals surface area contributed by atoms with E-state index in [2.05, 4.69) is 47.5 Å². The summed E-state index contributed by atoms with van der Waals surface area (Å²) in [6.07, 6.45) is 6.13. The van der Waals surface area contributed by atoms with Crippen molar-refractivity contribution in [1.29, 1.82) is 0 Å². The highest BCUT2D eigenvalue weighted by atomic mass is 16.5. The molecule has 1 atom stereocenters. The fourth-order valence-electron chi connectivity index (χ4n) is 4.94. The highest BCUT2D eigenvalue weighted by Crippen LogP contribution is 2.41. The zero-order valence-electron chi connectivity index (χ0n) is 19.5. The van der Waals surface area contributed by atoms with Crippen molar-refractivity contribution in [1.82, 2.24) is 9.55 Å². The topological polar surface area (TPSA) is 64.1 Å². The van der Waals surface area contributed by atoms with E-state index < -0.39 is 5.60 Å². The molecule has 4 aromatic rings. The monoisotopic (exact) mass is 464 g/mol. The van der Waals surface area contributed by atoms with Gasteiger partial charge < -0.3 is 4.74 Å². The quantitative estimate of drug-likeness (QED) is 0.302. The number of benzene rings is 3. The lowest BCUT2D eigenvalue weighted by Gasteiger charge is -2.36. The van der Waals surface area contributed by atoms with Crippen LogP contribution in [0, 0.1) is 0 Å². The Hall–Kier alpha value is -3.96. The molecule has 35 heavy (non-hydrogen) atoms. The third kappa shape index (κ3) is 4.68. The van der Waals surface area contributed by atoms with Gasteiger partial charge in [-0.15, -0.1) is 0 Å². The van der Waals surface area contributed by atoms with Crippen molar-refractivity contribution in [3.05, 3.63) is 152 Å². The molecule has 1 aliphatic carbocycles. The number of nitrogens with zero attached hydrogens (tertiary/aromatic N) is 1. The Balaban J connectivity index is 1.47. The maximum atomic E-state index is 12.2. The number of rotatable bonds is 7. The highest BCUT2D eigenvalue weighted by Gasteiger charge is 2.37. The fraction of sp³-hybridized carbons (Fsp3) is 0.200. The number of hydrogen-bond donors (Lipinski definition) is 1. The number of ether oxygens (including phenoxy) is 1. The Kier molecular flexibility index (Phi) is 6.59. The first-order chi connectivity index (χ1) is 17.2. The lowest BCUT2D eigenvalue weighted by Crippen LogP contribution is -2.34. The third-order valence-electron chi connectivity index (χ3n) is 6.74. The number of nitrogens with one attached hydrogen (secondary N) is 1. The van der Waals surface area contributed by atoms with E-state index in [0.29, 0.717) is 6.61 Å². The average molecular weight is 465 g/mol. The molecule has 5 nitrogen and oxygen atoms in total. The van der Waals surface area contributed by atoms with Crippen molar-refractivity contribution >= 4 is 0 Å². The van der Waals surface area contributed by atoms with E-state index >= 15 is 0 Å². The third-order valence-corrected chi connectivity index (χ3v) is 6.74. The summed E-state index contributed by atoms with van der Waals surface area (Å²) in [6.45, 7) is 0.478. The van der Waals surface area contributed by atoms with Crippen molar-refractivity contribution in [2.75, 3.05) is 6.61 Å². The first-order valence-corrected chi connectivity index (χ1v) is 12.0. The fourth-order valence-corrected chi connectivity index (χ4v) is 4.94. The van der Waals surface area contributed by atoms with Gasteiger partial charge in [-0.1, -0.05) is 97.1 Å². The zero-order chi connectivity index (χ0) is 24.1. The molecule has 1 N–H and O–H groups in total. The molecule has 1 aromatic heterocycles. The molecule has 0 saturated carbocycles. The van der Waals surface area contributed by atoms with Gasteiger partial charge in [0.25, 0.3) is 5.56 Å². The molecule has 3 aromatic carbocycles. The van der Waals surface area contributed by atoms with Crippen LogP contribution in [0.2, 0.25) is 0 Å². The normalized spacial score (nSPS) is 16.0. The molecule has 0 bridgehead atoms. The number of aromatic amines is 1. The second kappa shape index (κ2) is 10.1. The molecule has 5 heteroatoms. The summed E-state index contributed by atoms with van der Waals surface area (Å²) in [5, 5.41) is 0. The molecular weight excluding hydrogens is 436 g/mol. The molecule has 1 aliphatic rings. The lowest BCUT2D eigenvalue weighted by molar-refractivity contribution is 0.0258. The summed E-state index contributed by atoms with van der Waals surface area (Å²) in [7, 11) is 0. The van der Waals surface area contributed by atoms with E-state index in [0.717, 1.165) is 36.0 Å². The van der Waals surface area contributed by atoms with Crippen molar-refractivity contribution in [3.8, 4) is 0 Å². The first-order valence-electron chi connectivity index (χ1n) is 12.0. The van der Waals surface area contributed by atoms with Gasteiger partial charge in [-0.05, 0) is 41.5 Å². The van der Waals surface area contributed by atoms with Crippen LogP contribution in [0.4, 0.5) is 0 Å². The highest BCUT2D eigenvalue weighted by molar-refractivity contribution is 5.47.